The maximum atomic E-state index is 3.98. The number of hydrogen-bond acceptors (Lipinski definition) is 2. The summed E-state index contributed by atoms with van der Waals surface area (Å²) in [5, 5.41) is 0. The molecule has 0 spiro atoms. The Morgan fingerprint density at radius 3 is 0.778 bits per heavy atom. The van der Waals surface area contributed by atoms with Gasteiger partial charge in [-0.1, -0.05) is 12.1 Å². The average molecular weight is 578 g/mol. The van der Waals surface area contributed by atoms with Crippen LogP contribution in [0.2, 0.25) is 39.3 Å². The van der Waals surface area contributed by atoms with Crippen LogP contribution in [0.1, 0.15) is 22.3 Å². The zero-order valence-electron chi connectivity index (χ0n) is 18.5. The summed E-state index contributed by atoms with van der Waals surface area (Å²) in [6.07, 6.45) is 7.42. The molecule has 0 bridgehead atoms. The molecule has 0 saturated heterocycles. The quantitative estimate of drug-likeness (QED) is 0.394. The molecule has 2 aromatic heterocycles. The van der Waals surface area contributed by atoms with Gasteiger partial charge in [-0.05, 0) is 49.9 Å². The van der Waals surface area contributed by atoms with Crippen molar-refractivity contribution in [3.8, 4) is 0 Å². The van der Waals surface area contributed by atoms with Crippen LogP contribution in [0.4, 0.5) is 0 Å². The molecule has 2 rings (SSSR count). The fourth-order valence-corrected chi connectivity index (χ4v) is 1.41. The number of aryl methyl sites for hydroxylation is 4. The molecule has 2 aromatic rings. The molecule has 1 radical (unpaired) electrons. The van der Waals surface area contributed by atoms with E-state index >= 15 is 0 Å². The molecule has 0 N–H and O–H groups in total. The summed E-state index contributed by atoms with van der Waals surface area (Å²) >= 11 is 6.24. The van der Waals surface area contributed by atoms with Crippen molar-refractivity contribution in [3.63, 3.8) is 0 Å². The molecule has 7 heteroatoms. The van der Waals surface area contributed by atoms with Crippen molar-refractivity contribution < 1.29 is 16.8 Å². The van der Waals surface area contributed by atoms with Crippen LogP contribution in [0.15, 0.2) is 36.9 Å². The molecule has 2 nitrogen and oxygen atoms in total. The molecular weight excluding hydrogens is 541 g/mol. The second-order valence-electron chi connectivity index (χ2n) is 8.30. The van der Waals surface area contributed by atoms with Crippen molar-refractivity contribution in [1.29, 1.82) is 0 Å². The van der Waals surface area contributed by atoms with Crippen molar-refractivity contribution in [3.05, 3.63) is 59.2 Å². The van der Waals surface area contributed by atoms with Crippen molar-refractivity contribution in [2.45, 2.75) is 67.0 Å². The van der Waals surface area contributed by atoms with E-state index in [-0.39, 0.29) is 16.8 Å². The van der Waals surface area contributed by atoms with Gasteiger partial charge in [0.05, 0.1) is 0 Å². The van der Waals surface area contributed by atoms with Gasteiger partial charge in [0, 0.05) is 24.8 Å². The zero-order valence-corrected chi connectivity index (χ0v) is 25.0. The van der Waals surface area contributed by atoms with Crippen LogP contribution in [0.25, 0.3) is 0 Å². The minimum atomic E-state index is -0.736. The topological polar surface area (TPSA) is 25.8 Å². The molecule has 0 atom stereocenters. The minimum absolute atomic E-state index is 0. The molecule has 0 amide bonds. The monoisotopic (exact) mass is 579 g/mol. The first-order chi connectivity index (χ1) is 11.6. The van der Waals surface area contributed by atoms with Crippen LogP contribution in [0.3, 0.4) is 0 Å². The van der Waals surface area contributed by atoms with Crippen LogP contribution >= 0.6 is 0 Å². The molecular formula is C20H36CoN2Se2Si2. The summed E-state index contributed by atoms with van der Waals surface area (Å²) in [5.74, 6) is 0. The van der Waals surface area contributed by atoms with Gasteiger partial charge in [-0.15, -0.1) is 0 Å². The summed E-state index contributed by atoms with van der Waals surface area (Å²) < 4.78 is 0. The first-order valence-electron chi connectivity index (χ1n) is 8.75. The molecule has 2 heterocycles. The Bertz CT molecular complexity index is 526. The van der Waals surface area contributed by atoms with Gasteiger partial charge < -0.3 is 0 Å². The van der Waals surface area contributed by atoms with Gasteiger partial charge in [-0.25, -0.2) is 0 Å². The third kappa shape index (κ3) is 37.7. The Morgan fingerprint density at radius 2 is 0.704 bits per heavy atom. The van der Waals surface area contributed by atoms with E-state index in [0.29, 0.717) is 0 Å². The molecule has 0 aliphatic heterocycles. The molecule has 0 aromatic carbocycles. The van der Waals surface area contributed by atoms with Gasteiger partial charge in [0.1, 0.15) is 0 Å². The second-order valence-corrected chi connectivity index (χ2v) is 32.2. The molecule has 0 fully saturated rings. The number of rotatable bonds is 0. The molecule has 0 saturated carbocycles. The molecule has 0 aliphatic rings. The zero-order chi connectivity index (χ0) is 21.0. The summed E-state index contributed by atoms with van der Waals surface area (Å²) in [6, 6.07) is 4.21. The smallest absolute Gasteiger partial charge is 0.264 e. The molecule has 155 valence electrons. The van der Waals surface area contributed by atoms with E-state index in [9.17, 15) is 0 Å². The van der Waals surface area contributed by atoms with E-state index in [1.807, 2.05) is 52.5 Å². The number of hydrogen-bond donors (Lipinski definition) is 0. The van der Waals surface area contributed by atoms with Crippen molar-refractivity contribution >= 4 is 44.1 Å². The maximum absolute atomic E-state index is 3.98. The predicted molar refractivity (Wildman–Crippen MR) is 126 cm³/mol. The third-order valence-corrected chi connectivity index (χ3v) is 2.02. The van der Waals surface area contributed by atoms with Crippen molar-refractivity contribution in [2.24, 2.45) is 0 Å². The Labute approximate surface area is 195 Å². The fourth-order valence-electron chi connectivity index (χ4n) is 1.41. The van der Waals surface area contributed by atoms with Crippen molar-refractivity contribution in [2.75, 3.05) is 0 Å². The molecule has 0 unspecified atom stereocenters. The van der Waals surface area contributed by atoms with Crippen LogP contribution < -0.4 is 0 Å². The normalized spacial score (nSPS) is 9.93. The Hall–Kier alpha value is 0.279. The van der Waals surface area contributed by atoms with Crippen LogP contribution in [0.5, 0.6) is 0 Å². The van der Waals surface area contributed by atoms with Crippen LogP contribution in [0, 0.1) is 27.7 Å². The number of pyridine rings is 2. The van der Waals surface area contributed by atoms with Gasteiger partial charge in [-0.3, -0.25) is 9.97 Å². The van der Waals surface area contributed by atoms with Crippen LogP contribution in [-0.4, -0.2) is 54.1 Å². The van der Waals surface area contributed by atoms with E-state index in [2.05, 4.69) is 92.1 Å². The first-order valence-corrected chi connectivity index (χ1v) is 20.7. The third-order valence-electron chi connectivity index (χ3n) is 2.02. The van der Waals surface area contributed by atoms with Gasteiger partial charge in [-0.2, -0.15) is 0 Å². The molecule has 0 aliphatic carbocycles. The first kappa shape index (κ1) is 32.0. The molecule has 27 heavy (non-hydrogen) atoms. The standard InChI is InChI=1S/2C7H9N.2C3H9SeSi.Co/c2*1-6-3-7(2)5-8-4-6;2*1-5(2,3)4;/h2*3-5H,1-2H3;2*1-3H3;/q;;2*-1;+2. The summed E-state index contributed by atoms with van der Waals surface area (Å²) in [7, 11) is 0. The second kappa shape index (κ2) is 16.1. The Morgan fingerprint density at radius 1 is 0.556 bits per heavy atom. The van der Waals surface area contributed by atoms with E-state index in [4.69, 9.17) is 0 Å². The summed E-state index contributed by atoms with van der Waals surface area (Å²) in [6.45, 7) is 20.3. The van der Waals surface area contributed by atoms with E-state index < -0.39 is 13.4 Å². The minimum Gasteiger partial charge on any atom is -0.264 e. The van der Waals surface area contributed by atoms with E-state index in [1.165, 1.54) is 22.3 Å². The van der Waals surface area contributed by atoms with Crippen LogP contribution in [-0.2, 0) is 16.8 Å². The summed E-state index contributed by atoms with van der Waals surface area (Å²) in [5.41, 5.74) is 4.91. The van der Waals surface area contributed by atoms with Gasteiger partial charge in [0.25, 0.3) is 0 Å². The van der Waals surface area contributed by atoms with Gasteiger partial charge >= 0.3 is 100 Å². The summed E-state index contributed by atoms with van der Waals surface area (Å²) in [4.78, 5) is 7.97. The maximum Gasteiger partial charge on any atom is 2.00 e. The predicted octanol–water partition coefficient (Wildman–Crippen LogP) is 5.37. The number of aromatic nitrogens is 2. The Balaban J connectivity index is -0.000000289. The Kier molecular flexibility index (Phi) is 19.1. The number of nitrogens with zero attached hydrogens (tertiary/aromatic N) is 2. The van der Waals surface area contributed by atoms with Gasteiger partial charge in [0.2, 0.25) is 0 Å². The average Bonchev–Trinajstić information content (AvgIpc) is 2.34. The van der Waals surface area contributed by atoms with E-state index in [0.717, 1.165) is 0 Å². The SMILES string of the molecule is C[Si](C)(C)[Se-].C[Si](C)(C)[Se-].Cc1cncc(C)c1.Cc1cncc(C)c1.[Co+2]. The van der Waals surface area contributed by atoms with E-state index in [1.54, 1.807) is 0 Å². The fraction of sp³-hybridized carbons (Fsp3) is 0.500. The largest absolute Gasteiger partial charge is 2.00 e. The van der Waals surface area contributed by atoms with Crippen molar-refractivity contribution in [1.82, 2.24) is 9.97 Å². The van der Waals surface area contributed by atoms with Gasteiger partial charge in [0.15, 0.2) is 0 Å².